The summed E-state index contributed by atoms with van der Waals surface area (Å²) in [4.78, 5) is 16.5. The van der Waals surface area contributed by atoms with Gasteiger partial charge in [0.15, 0.2) is 5.69 Å². The second-order valence-electron chi connectivity index (χ2n) is 5.31. The first kappa shape index (κ1) is 15.8. The molecule has 122 valence electrons. The molecule has 0 fully saturated rings. The lowest BCUT2D eigenvalue weighted by molar-refractivity contribution is 0.103. The molecule has 0 spiro atoms. The first-order valence-electron chi connectivity index (χ1n) is 7.26. The van der Waals surface area contributed by atoms with Crippen LogP contribution in [0, 0.1) is 12.7 Å². The van der Waals surface area contributed by atoms with Crippen LogP contribution in [-0.4, -0.2) is 32.9 Å². The van der Waals surface area contributed by atoms with Gasteiger partial charge in [-0.05, 0) is 42.8 Å². The summed E-state index contributed by atoms with van der Waals surface area (Å²) in [5.74, 6) is -0.118. The molecule has 1 aromatic carbocycles. The summed E-state index contributed by atoms with van der Waals surface area (Å²) in [6.07, 6.45) is 3.25. The number of nitrogens with zero attached hydrogens (tertiary/aromatic N) is 4. The van der Waals surface area contributed by atoms with Crippen LogP contribution in [0.15, 0.2) is 42.7 Å². The summed E-state index contributed by atoms with van der Waals surface area (Å²) in [7, 11) is 1.57. The van der Waals surface area contributed by atoms with Gasteiger partial charge in [0, 0.05) is 17.3 Å². The topological polar surface area (TPSA) is 69.9 Å². The molecule has 24 heavy (non-hydrogen) atoms. The second kappa shape index (κ2) is 6.57. The fourth-order valence-corrected chi connectivity index (χ4v) is 2.34. The molecule has 0 aliphatic carbocycles. The van der Waals surface area contributed by atoms with Crippen molar-refractivity contribution in [3.63, 3.8) is 0 Å². The van der Waals surface area contributed by atoms with Crippen LogP contribution in [0.25, 0.3) is 0 Å². The number of hydrogen-bond donors (Lipinski definition) is 0. The zero-order chi connectivity index (χ0) is 17.1. The summed E-state index contributed by atoms with van der Waals surface area (Å²) in [5, 5.41) is 7.85. The van der Waals surface area contributed by atoms with E-state index in [0.717, 1.165) is 11.1 Å². The second-order valence-corrected chi connectivity index (χ2v) is 5.31. The highest BCUT2D eigenvalue weighted by molar-refractivity contribution is 6.07. The smallest absolute Gasteiger partial charge is 0.215 e. The molecule has 0 amide bonds. The predicted molar refractivity (Wildman–Crippen MR) is 84.5 cm³/mol. The third-order valence-corrected chi connectivity index (χ3v) is 3.50. The van der Waals surface area contributed by atoms with Crippen LogP contribution in [0.1, 0.15) is 27.2 Å². The van der Waals surface area contributed by atoms with Gasteiger partial charge >= 0.3 is 0 Å². The Kier molecular flexibility index (Phi) is 4.33. The third kappa shape index (κ3) is 3.29. The molecular weight excluding hydrogens is 311 g/mol. The summed E-state index contributed by atoms with van der Waals surface area (Å²) in [6.45, 7) is 2.34. The van der Waals surface area contributed by atoms with Gasteiger partial charge in [0.1, 0.15) is 5.82 Å². The average molecular weight is 326 g/mol. The zero-order valence-corrected chi connectivity index (χ0v) is 13.2. The molecular formula is C17H15FN4O2. The predicted octanol–water partition coefficient (Wildman–Crippen LogP) is 2.41. The van der Waals surface area contributed by atoms with Crippen LogP contribution in [-0.2, 0) is 6.54 Å². The van der Waals surface area contributed by atoms with Gasteiger partial charge in [-0.25, -0.2) is 14.1 Å². The summed E-state index contributed by atoms with van der Waals surface area (Å²) >= 11 is 0. The van der Waals surface area contributed by atoms with E-state index in [-0.39, 0.29) is 11.5 Å². The lowest BCUT2D eigenvalue weighted by Gasteiger charge is -2.05. The molecule has 0 saturated carbocycles. The van der Waals surface area contributed by atoms with E-state index in [0.29, 0.717) is 18.0 Å². The molecule has 0 saturated heterocycles. The SMILES string of the molecule is COc1ncc(Cn2cc(C(=O)c3ccc(F)cc3)nn2)cc1C. The number of aromatic nitrogens is 4. The number of hydrogen-bond acceptors (Lipinski definition) is 5. The van der Waals surface area contributed by atoms with Gasteiger partial charge in [-0.3, -0.25) is 4.79 Å². The lowest BCUT2D eigenvalue weighted by atomic mass is 10.1. The van der Waals surface area contributed by atoms with E-state index < -0.39 is 5.82 Å². The molecule has 0 bridgehead atoms. The highest BCUT2D eigenvalue weighted by Crippen LogP contribution is 2.15. The van der Waals surface area contributed by atoms with Crippen LogP contribution in [0.4, 0.5) is 4.39 Å². The molecule has 0 unspecified atom stereocenters. The minimum absolute atomic E-state index is 0.208. The standard InChI is InChI=1S/C17H15FN4O2/c1-11-7-12(8-19-17(11)24-2)9-22-10-15(20-21-22)16(23)13-3-5-14(18)6-4-13/h3-8,10H,9H2,1-2H3. The Morgan fingerprint density at radius 2 is 2.04 bits per heavy atom. The number of carbonyl (C=O) groups is 1. The van der Waals surface area contributed by atoms with Gasteiger partial charge in [0.25, 0.3) is 0 Å². The molecule has 2 heterocycles. The third-order valence-electron chi connectivity index (χ3n) is 3.50. The fourth-order valence-electron chi connectivity index (χ4n) is 2.34. The van der Waals surface area contributed by atoms with E-state index in [9.17, 15) is 9.18 Å². The van der Waals surface area contributed by atoms with Crippen LogP contribution in [0.2, 0.25) is 0 Å². The number of pyridine rings is 1. The number of benzene rings is 1. The first-order valence-corrected chi connectivity index (χ1v) is 7.26. The van der Waals surface area contributed by atoms with Gasteiger partial charge in [-0.2, -0.15) is 0 Å². The number of rotatable bonds is 5. The van der Waals surface area contributed by atoms with Gasteiger partial charge in [-0.15, -0.1) is 5.10 Å². The van der Waals surface area contributed by atoms with Crippen molar-refractivity contribution in [1.82, 2.24) is 20.0 Å². The minimum atomic E-state index is -0.391. The van der Waals surface area contributed by atoms with Crippen molar-refractivity contribution in [3.8, 4) is 5.88 Å². The van der Waals surface area contributed by atoms with Crippen LogP contribution < -0.4 is 4.74 Å². The maximum absolute atomic E-state index is 12.9. The van der Waals surface area contributed by atoms with Crippen molar-refractivity contribution in [2.75, 3.05) is 7.11 Å². The van der Waals surface area contributed by atoms with E-state index in [2.05, 4.69) is 15.3 Å². The molecule has 0 radical (unpaired) electrons. The van der Waals surface area contributed by atoms with Crippen molar-refractivity contribution >= 4 is 5.78 Å². The Hall–Kier alpha value is -3.09. The maximum Gasteiger partial charge on any atom is 0.215 e. The quantitative estimate of drug-likeness (QED) is 0.673. The van der Waals surface area contributed by atoms with Gasteiger partial charge in [0.05, 0.1) is 19.9 Å². The molecule has 0 N–H and O–H groups in total. The average Bonchev–Trinajstić information content (AvgIpc) is 3.03. The summed E-state index contributed by atoms with van der Waals surface area (Å²) < 4.78 is 19.6. The van der Waals surface area contributed by atoms with E-state index in [1.165, 1.54) is 24.3 Å². The van der Waals surface area contributed by atoms with E-state index in [1.807, 2.05) is 13.0 Å². The number of halogens is 1. The Labute approximate surface area is 137 Å². The normalized spacial score (nSPS) is 10.6. The van der Waals surface area contributed by atoms with Crippen molar-refractivity contribution < 1.29 is 13.9 Å². The Morgan fingerprint density at radius 3 is 2.71 bits per heavy atom. The maximum atomic E-state index is 12.9. The van der Waals surface area contributed by atoms with Crippen molar-refractivity contribution in [3.05, 3.63) is 70.9 Å². The zero-order valence-electron chi connectivity index (χ0n) is 13.2. The monoisotopic (exact) mass is 326 g/mol. The Morgan fingerprint density at radius 1 is 1.29 bits per heavy atom. The van der Waals surface area contributed by atoms with Gasteiger partial charge in [-0.1, -0.05) is 5.21 Å². The van der Waals surface area contributed by atoms with Gasteiger partial charge < -0.3 is 4.74 Å². The van der Waals surface area contributed by atoms with Crippen LogP contribution >= 0.6 is 0 Å². The Balaban J connectivity index is 1.77. The molecule has 0 aliphatic rings. The van der Waals surface area contributed by atoms with Crippen LogP contribution in [0.5, 0.6) is 5.88 Å². The van der Waals surface area contributed by atoms with E-state index in [1.54, 1.807) is 24.2 Å². The van der Waals surface area contributed by atoms with Crippen molar-refractivity contribution in [2.45, 2.75) is 13.5 Å². The largest absolute Gasteiger partial charge is 0.481 e. The lowest BCUT2D eigenvalue weighted by Crippen LogP contribution is -2.03. The number of carbonyl (C=O) groups excluding carboxylic acids is 1. The number of ether oxygens (including phenoxy) is 1. The molecule has 3 aromatic rings. The molecule has 6 nitrogen and oxygen atoms in total. The number of methoxy groups -OCH3 is 1. The minimum Gasteiger partial charge on any atom is -0.481 e. The first-order chi connectivity index (χ1) is 11.6. The molecule has 0 aliphatic heterocycles. The fraction of sp³-hybridized carbons (Fsp3) is 0.176. The summed E-state index contributed by atoms with van der Waals surface area (Å²) in [6, 6.07) is 7.27. The molecule has 2 aromatic heterocycles. The molecule has 7 heteroatoms. The van der Waals surface area contributed by atoms with E-state index >= 15 is 0 Å². The van der Waals surface area contributed by atoms with E-state index in [4.69, 9.17) is 4.74 Å². The summed E-state index contributed by atoms with van der Waals surface area (Å²) in [5.41, 5.74) is 2.40. The van der Waals surface area contributed by atoms with Crippen molar-refractivity contribution in [2.24, 2.45) is 0 Å². The van der Waals surface area contributed by atoms with Crippen molar-refractivity contribution in [1.29, 1.82) is 0 Å². The Bertz CT molecular complexity index is 875. The van der Waals surface area contributed by atoms with Crippen LogP contribution in [0.3, 0.4) is 0 Å². The highest BCUT2D eigenvalue weighted by Gasteiger charge is 2.14. The molecule has 0 atom stereocenters. The molecule has 3 rings (SSSR count). The highest BCUT2D eigenvalue weighted by atomic mass is 19.1. The van der Waals surface area contributed by atoms with Gasteiger partial charge in [0.2, 0.25) is 11.7 Å². The number of aryl methyl sites for hydroxylation is 1. The number of ketones is 1.